The van der Waals surface area contributed by atoms with Gasteiger partial charge in [0.25, 0.3) is 0 Å². The summed E-state index contributed by atoms with van der Waals surface area (Å²) in [4.78, 5) is 26.2. The zero-order valence-corrected chi connectivity index (χ0v) is 22.8. The summed E-state index contributed by atoms with van der Waals surface area (Å²) >= 11 is 0. The molecule has 208 valence electrons. The molecule has 1 unspecified atom stereocenters. The van der Waals surface area contributed by atoms with E-state index in [0.29, 0.717) is 45.0 Å². The van der Waals surface area contributed by atoms with Gasteiger partial charge in [-0.15, -0.1) is 0 Å². The molecule has 0 aromatic heterocycles. The van der Waals surface area contributed by atoms with Gasteiger partial charge in [-0.1, -0.05) is 72.8 Å². The van der Waals surface area contributed by atoms with E-state index in [-0.39, 0.29) is 6.03 Å². The van der Waals surface area contributed by atoms with Gasteiger partial charge in [-0.25, -0.2) is 9.59 Å². The van der Waals surface area contributed by atoms with Crippen LogP contribution in [0.3, 0.4) is 0 Å². The highest BCUT2D eigenvalue weighted by Gasteiger charge is 2.18. The van der Waals surface area contributed by atoms with Crippen LogP contribution in [0.5, 0.6) is 5.75 Å². The standard InChI is InChI=1S/C32H40N2O5/c1-2-38-30(31(35)36)25-28-16-18-29(19-17-28)39-24-23-34(22-10-9-15-26-11-5-3-6-12-26)32(37)33-21-20-27-13-7-4-8-14-27/h3-8,11-14,16-19,30H,2,9-10,15,20-25H2,1H3,(H,33,37)(H,35,36). The maximum absolute atomic E-state index is 13.0. The highest BCUT2D eigenvalue weighted by atomic mass is 16.5. The van der Waals surface area contributed by atoms with Crippen molar-refractivity contribution in [2.45, 2.75) is 45.1 Å². The lowest BCUT2D eigenvalue weighted by molar-refractivity contribution is -0.149. The van der Waals surface area contributed by atoms with E-state index in [1.54, 1.807) is 6.92 Å². The van der Waals surface area contributed by atoms with Crippen LogP contribution in [0.4, 0.5) is 4.79 Å². The molecule has 7 nitrogen and oxygen atoms in total. The summed E-state index contributed by atoms with van der Waals surface area (Å²) in [5.74, 6) is -0.293. The number of unbranched alkanes of at least 4 members (excludes halogenated alkanes) is 1. The Bertz CT molecular complexity index is 1110. The number of hydrogen-bond donors (Lipinski definition) is 2. The van der Waals surface area contributed by atoms with Crippen LogP contribution in [0.25, 0.3) is 0 Å². The minimum atomic E-state index is -0.969. The molecule has 0 saturated carbocycles. The van der Waals surface area contributed by atoms with Crippen LogP contribution in [0.15, 0.2) is 84.9 Å². The molecule has 2 amide bonds. The molecule has 0 aliphatic carbocycles. The molecule has 1 atom stereocenters. The van der Waals surface area contributed by atoms with Gasteiger partial charge in [0.2, 0.25) is 0 Å². The van der Waals surface area contributed by atoms with Gasteiger partial charge in [0.15, 0.2) is 6.10 Å². The average Bonchev–Trinajstić information content (AvgIpc) is 2.96. The van der Waals surface area contributed by atoms with E-state index in [2.05, 4.69) is 41.7 Å². The molecule has 2 N–H and O–H groups in total. The lowest BCUT2D eigenvalue weighted by atomic mass is 10.1. The molecule has 0 radical (unpaired) electrons. The first-order chi connectivity index (χ1) is 19.0. The Labute approximate surface area is 231 Å². The van der Waals surface area contributed by atoms with Gasteiger partial charge in [-0.2, -0.15) is 0 Å². The number of benzene rings is 3. The number of hydrogen-bond acceptors (Lipinski definition) is 4. The molecular formula is C32H40N2O5. The maximum atomic E-state index is 13.0. The molecule has 3 rings (SSSR count). The van der Waals surface area contributed by atoms with E-state index < -0.39 is 12.1 Å². The van der Waals surface area contributed by atoms with E-state index in [4.69, 9.17) is 9.47 Å². The Morgan fingerprint density at radius 3 is 2.08 bits per heavy atom. The van der Waals surface area contributed by atoms with Crippen LogP contribution in [0.2, 0.25) is 0 Å². The summed E-state index contributed by atoms with van der Waals surface area (Å²) in [6.07, 6.45) is 3.10. The minimum Gasteiger partial charge on any atom is -0.492 e. The number of carboxylic acid groups (broad SMARTS) is 1. The molecule has 7 heteroatoms. The number of amides is 2. The second-order valence-corrected chi connectivity index (χ2v) is 9.38. The van der Waals surface area contributed by atoms with Crippen LogP contribution in [-0.2, 0) is 28.8 Å². The Kier molecular flexibility index (Phi) is 12.9. The largest absolute Gasteiger partial charge is 0.492 e. The Morgan fingerprint density at radius 2 is 1.46 bits per heavy atom. The van der Waals surface area contributed by atoms with Gasteiger partial charge in [0.1, 0.15) is 12.4 Å². The third-order valence-corrected chi connectivity index (χ3v) is 6.42. The SMILES string of the molecule is CCOC(Cc1ccc(OCCN(CCCCc2ccccc2)C(=O)NCCc2ccccc2)cc1)C(=O)O. The number of rotatable bonds is 17. The van der Waals surface area contributed by atoms with Crippen molar-refractivity contribution >= 4 is 12.0 Å². The Hall–Kier alpha value is -3.84. The lowest BCUT2D eigenvalue weighted by Crippen LogP contribution is -2.43. The summed E-state index contributed by atoms with van der Waals surface area (Å²) in [6.45, 7) is 4.19. The summed E-state index contributed by atoms with van der Waals surface area (Å²) in [7, 11) is 0. The summed E-state index contributed by atoms with van der Waals surface area (Å²) < 4.78 is 11.2. The molecular weight excluding hydrogens is 492 g/mol. The van der Waals surface area contributed by atoms with Crippen molar-refractivity contribution in [2.24, 2.45) is 0 Å². The number of nitrogens with zero attached hydrogens (tertiary/aromatic N) is 1. The molecule has 3 aromatic rings. The van der Waals surface area contributed by atoms with Crippen LogP contribution in [-0.4, -0.2) is 61.0 Å². The zero-order chi connectivity index (χ0) is 27.7. The van der Waals surface area contributed by atoms with Crippen molar-refractivity contribution in [2.75, 3.05) is 32.8 Å². The van der Waals surface area contributed by atoms with Crippen molar-refractivity contribution in [3.8, 4) is 5.75 Å². The number of carbonyl (C=O) groups is 2. The van der Waals surface area contributed by atoms with Gasteiger partial charge in [0.05, 0.1) is 6.54 Å². The summed E-state index contributed by atoms with van der Waals surface area (Å²) in [5, 5.41) is 12.3. The van der Waals surface area contributed by atoms with Crippen molar-refractivity contribution < 1.29 is 24.2 Å². The maximum Gasteiger partial charge on any atom is 0.333 e. The normalized spacial score (nSPS) is 11.5. The molecule has 39 heavy (non-hydrogen) atoms. The fraction of sp³-hybridized carbons (Fsp3) is 0.375. The Morgan fingerprint density at radius 1 is 0.821 bits per heavy atom. The summed E-state index contributed by atoms with van der Waals surface area (Å²) in [5.41, 5.74) is 3.36. The first-order valence-electron chi connectivity index (χ1n) is 13.7. The predicted molar refractivity (Wildman–Crippen MR) is 153 cm³/mol. The number of aryl methyl sites for hydroxylation is 1. The first kappa shape index (κ1) is 29.7. The number of carboxylic acids is 1. The fourth-order valence-corrected chi connectivity index (χ4v) is 4.29. The highest BCUT2D eigenvalue weighted by Crippen LogP contribution is 2.15. The van der Waals surface area contributed by atoms with Crippen molar-refractivity contribution in [3.05, 3.63) is 102 Å². The molecule has 0 aliphatic heterocycles. The second-order valence-electron chi connectivity index (χ2n) is 9.38. The zero-order valence-electron chi connectivity index (χ0n) is 22.8. The highest BCUT2D eigenvalue weighted by molar-refractivity contribution is 5.74. The molecule has 0 aliphatic rings. The number of carbonyl (C=O) groups excluding carboxylic acids is 1. The molecule has 3 aromatic carbocycles. The van der Waals surface area contributed by atoms with Gasteiger partial charge in [-0.3, -0.25) is 0 Å². The molecule has 0 fully saturated rings. The fourth-order valence-electron chi connectivity index (χ4n) is 4.29. The van der Waals surface area contributed by atoms with Crippen LogP contribution >= 0.6 is 0 Å². The molecule has 0 heterocycles. The average molecular weight is 533 g/mol. The monoisotopic (exact) mass is 532 g/mol. The number of aliphatic carboxylic acids is 1. The van der Waals surface area contributed by atoms with E-state index in [0.717, 1.165) is 31.2 Å². The van der Waals surface area contributed by atoms with Crippen molar-refractivity contribution in [3.63, 3.8) is 0 Å². The van der Waals surface area contributed by atoms with E-state index >= 15 is 0 Å². The van der Waals surface area contributed by atoms with Gasteiger partial charge in [-0.05, 0) is 61.4 Å². The van der Waals surface area contributed by atoms with E-state index in [9.17, 15) is 14.7 Å². The third kappa shape index (κ3) is 11.2. The molecule has 0 bridgehead atoms. The number of nitrogens with one attached hydrogen (secondary N) is 1. The van der Waals surface area contributed by atoms with Crippen LogP contribution in [0, 0.1) is 0 Å². The second kappa shape index (κ2) is 16.9. The van der Waals surface area contributed by atoms with E-state index in [1.807, 2.05) is 53.4 Å². The minimum absolute atomic E-state index is 0.0831. The quantitative estimate of drug-likeness (QED) is 0.228. The van der Waals surface area contributed by atoms with Gasteiger partial charge >= 0.3 is 12.0 Å². The van der Waals surface area contributed by atoms with Crippen molar-refractivity contribution in [1.82, 2.24) is 10.2 Å². The lowest BCUT2D eigenvalue weighted by Gasteiger charge is -2.23. The summed E-state index contributed by atoms with van der Waals surface area (Å²) in [6, 6.07) is 27.8. The number of urea groups is 1. The van der Waals surface area contributed by atoms with Crippen LogP contribution < -0.4 is 10.1 Å². The Balaban J connectivity index is 1.48. The van der Waals surface area contributed by atoms with Gasteiger partial charge < -0.3 is 24.8 Å². The molecule has 0 spiro atoms. The van der Waals surface area contributed by atoms with Gasteiger partial charge in [0, 0.05) is 26.1 Å². The number of ether oxygens (including phenoxy) is 2. The predicted octanol–water partition coefficient (Wildman–Crippen LogP) is 5.37. The van der Waals surface area contributed by atoms with E-state index in [1.165, 1.54) is 11.1 Å². The molecule has 0 saturated heterocycles. The topological polar surface area (TPSA) is 88.1 Å². The third-order valence-electron chi connectivity index (χ3n) is 6.42. The van der Waals surface area contributed by atoms with Crippen LogP contribution in [0.1, 0.15) is 36.5 Å². The van der Waals surface area contributed by atoms with Crippen molar-refractivity contribution in [1.29, 1.82) is 0 Å². The first-order valence-corrected chi connectivity index (χ1v) is 13.7. The smallest absolute Gasteiger partial charge is 0.333 e.